The molecule has 2 rings (SSSR count). The number of thiazole rings is 1. The molecular weight excluding hydrogens is 186 g/mol. The molecule has 0 N–H and O–H groups in total. The molecular formula is C9H12NO2S+. The molecule has 13 heavy (non-hydrogen) atoms. The second kappa shape index (κ2) is 2.80. The van der Waals surface area contributed by atoms with E-state index in [0.717, 1.165) is 5.01 Å². The fraction of sp³-hybridized carbons (Fsp3) is 0.556. The Balaban J connectivity index is 2.55. The van der Waals surface area contributed by atoms with Gasteiger partial charge in [0.05, 0.1) is 4.88 Å². The van der Waals surface area contributed by atoms with Gasteiger partial charge in [0.25, 0.3) is 5.01 Å². The van der Waals surface area contributed by atoms with Crippen LogP contribution in [-0.2, 0) is 16.1 Å². The van der Waals surface area contributed by atoms with E-state index in [1.54, 1.807) is 11.3 Å². The summed E-state index contributed by atoms with van der Waals surface area (Å²) in [4.78, 5) is 12.4. The van der Waals surface area contributed by atoms with Crippen molar-refractivity contribution in [3.63, 3.8) is 0 Å². The van der Waals surface area contributed by atoms with E-state index >= 15 is 0 Å². The van der Waals surface area contributed by atoms with Crippen LogP contribution in [0.15, 0.2) is 0 Å². The second-order valence-corrected chi connectivity index (χ2v) is 4.53. The number of fused-ring (bicyclic) bond motifs is 1. The molecule has 0 radical (unpaired) electrons. The number of carbonyl (C=O) groups is 1. The van der Waals surface area contributed by atoms with E-state index in [9.17, 15) is 4.79 Å². The van der Waals surface area contributed by atoms with Gasteiger partial charge in [0, 0.05) is 6.92 Å². The van der Waals surface area contributed by atoms with E-state index in [0.29, 0.717) is 6.54 Å². The number of nitrogens with zero attached hydrogens (tertiary/aromatic N) is 1. The van der Waals surface area contributed by atoms with Crippen LogP contribution >= 0.6 is 11.3 Å². The van der Waals surface area contributed by atoms with Crippen molar-refractivity contribution in [2.45, 2.75) is 33.4 Å². The first-order valence-electron chi connectivity index (χ1n) is 4.29. The van der Waals surface area contributed by atoms with Crippen molar-refractivity contribution in [1.82, 2.24) is 0 Å². The minimum atomic E-state index is -0.133. The van der Waals surface area contributed by atoms with Crippen molar-refractivity contribution in [2.75, 3.05) is 0 Å². The van der Waals surface area contributed by atoms with Gasteiger partial charge in [0.1, 0.15) is 0 Å². The lowest BCUT2D eigenvalue weighted by atomic mass is 10.3. The third-order valence-electron chi connectivity index (χ3n) is 2.38. The summed E-state index contributed by atoms with van der Waals surface area (Å²) in [6.07, 6.45) is -0.0846. The quantitative estimate of drug-likeness (QED) is 0.464. The van der Waals surface area contributed by atoms with Crippen LogP contribution in [0.2, 0.25) is 0 Å². The van der Waals surface area contributed by atoms with Crippen molar-refractivity contribution in [2.24, 2.45) is 0 Å². The Labute approximate surface area is 81.0 Å². The van der Waals surface area contributed by atoms with Crippen molar-refractivity contribution in [3.05, 3.63) is 15.6 Å². The van der Waals surface area contributed by atoms with Crippen molar-refractivity contribution < 1.29 is 14.1 Å². The van der Waals surface area contributed by atoms with E-state index in [1.165, 1.54) is 10.6 Å². The van der Waals surface area contributed by atoms with Gasteiger partial charge in [-0.2, -0.15) is 4.57 Å². The molecule has 1 aromatic rings. The van der Waals surface area contributed by atoms with Gasteiger partial charge < -0.3 is 4.74 Å². The molecule has 0 bridgehead atoms. The molecule has 1 atom stereocenters. The molecule has 1 aliphatic rings. The minimum absolute atomic E-state index is 0.0846. The maximum absolute atomic E-state index is 11.2. The third-order valence-corrected chi connectivity index (χ3v) is 3.74. The molecule has 1 aliphatic heterocycles. The van der Waals surface area contributed by atoms with Gasteiger partial charge in [-0.15, -0.1) is 0 Å². The first-order chi connectivity index (χ1) is 6.09. The van der Waals surface area contributed by atoms with Crippen molar-refractivity contribution >= 4 is 17.3 Å². The zero-order valence-corrected chi connectivity index (χ0v) is 8.77. The molecule has 0 amide bonds. The number of esters is 1. The summed E-state index contributed by atoms with van der Waals surface area (Å²) in [6.45, 7) is 6.40. The van der Waals surface area contributed by atoms with Gasteiger partial charge in [-0.05, 0) is 13.8 Å². The number of ether oxygens (including phenoxy) is 1. The Hall–Kier alpha value is -0.900. The lowest BCUT2D eigenvalue weighted by molar-refractivity contribution is -0.703. The highest BCUT2D eigenvalue weighted by molar-refractivity contribution is 7.11. The lowest BCUT2D eigenvalue weighted by Gasteiger charge is -2.13. The molecule has 0 aliphatic carbocycles. The van der Waals surface area contributed by atoms with E-state index in [-0.39, 0.29) is 12.1 Å². The highest BCUT2D eigenvalue weighted by Gasteiger charge is 2.35. The lowest BCUT2D eigenvalue weighted by Crippen LogP contribution is -2.47. The van der Waals surface area contributed by atoms with Crippen LogP contribution in [0, 0.1) is 13.8 Å². The van der Waals surface area contributed by atoms with E-state index < -0.39 is 0 Å². The zero-order valence-electron chi connectivity index (χ0n) is 7.96. The van der Waals surface area contributed by atoms with E-state index in [4.69, 9.17) is 4.74 Å². The summed E-state index contributed by atoms with van der Waals surface area (Å²) in [5, 5.41) is 1.15. The molecule has 2 heterocycles. The molecule has 0 aromatic carbocycles. The minimum Gasteiger partial charge on any atom is -0.446 e. The van der Waals surface area contributed by atoms with E-state index in [2.05, 4.69) is 11.5 Å². The van der Waals surface area contributed by atoms with Crippen LogP contribution in [0.25, 0.3) is 0 Å². The number of hydrogen-bond acceptors (Lipinski definition) is 3. The van der Waals surface area contributed by atoms with Crippen molar-refractivity contribution in [3.8, 4) is 0 Å². The standard InChI is InChI=1S/C9H12NO2S/c1-5-7(3)13-9-6(2)12-8(11)4-10(5)9/h6H,4H2,1-3H3/q+1. The first kappa shape index (κ1) is 8.69. The Bertz CT molecular complexity index is 370. The summed E-state index contributed by atoms with van der Waals surface area (Å²) in [5.74, 6) is -0.133. The number of aromatic nitrogens is 1. The Morgan fingerprint density at radius 1 is 1.54 bits per heavy atom. The average molecular weight is 198 g/mol. The number of hydrogen-bond donors (Lipinski definition) is 0. The van der Waals surface area contributed by atoms with Gasteiger partial charge in [-0.3, -0.25) is 0 Å². The van der Waals surface area contributed by atoms with Gasteiger partial charge in [-0.25, -0.2) is 4.79 Å². The summed E-state index contributed by atoms with van der Waals surface area (Å²) >= 11 is 1.71. The summed E-state index contributed by atoms with van der Waals surface area (Å²) in [7, 11) is 0. The molecule has 1 unspecified atom stereocenters. The van der Waals surface area contributed by atoms with Crippen LogP contribution in [0.5, 0.6) is 0 Å². The third kappa shape index (κ3) is 1.25. The Kier molecular flexibility index (Phi) is 1.87. The zero-order chi connectivity index (χ0) is 9.59. The number of cyclic esters (lactones) is 1. The molecule has 70 valence electrons. The highest BCUT2D eigenvalue weighted by Crippen LogP contribution is 2.26. The van der Waals surface area contributed by atoms with Crippen molar-refractivity contribution in [1.29, 1.82) is 0 Å². The molecule has 0 saturated carbocycles. The second-order valence-electron chi connectivity index (χ2n) is 3.30. The van der Waals surface area contributed by atoms with Crippen LogP contribution < -0.4 is 4.57 Å². The fourth-order valence-corrected chi connectivity index (χ4v) is 2.65. The summed E-state index contributed by atoms with van der Waals surface area (Å²) in [5.41, 5.74) is 1.18. The molecule has 0 fully saturated rings. The monoisotopic (exact) mass is 198 g/mol. The van der Waals surface area contributed by atoms with Gasteiger partial charge in [0.2, 0.25) is 6.54 Å². The summed E-state index contributed by atoms with van der Waals surface area (Å²) in [6, 6.07) is 0. The predicted octanol–water partition coefficient (Wildman–Crippen LogP) is 1.27. The Morgan fingerprint density at radius 2 is 2.23 bits per heavy atom. The maximum atomic E-state index is 11.2. The normalized spacial score (nSPS) is 21.2. The number of aryl methyl sites for hydroxylation is 1. The van der Waals surface area contributed by atoms with Crippen LogP contribution in [0.1, 0.15) is 28.6 Å². The topological polar surface area (TPSA) is 30.2 Å². The van der Waals surface area contributed by atoms with Gasteiger partial charge >= 0.3 is 5.97 Å². The summed E-state index contributed by atoms with van der Waals surface area (Å²) < 4.78 is 7.18. The molecule has 3 nitrogen and oxygen atoms in total. The average Bonchev–Trinajstić information content (AvgIpc) is 2.32. The predicted molar refractivity (Wildman–Crippen MR) is 48.5 cm³/mol. The molecule has 4 heteroatoms. The maximum Gasteiger partial charge on any atom is 0.373 e. The van der Waals surface area contributed by atoms with E-state index in [1.807, 2.05) is 13.8 Å². The smallest absolute Gasteiger partial charge is 0.373 e. The molecule has 0 spiro atoms. The molecule has 1 aromatic heterocycles. The van der Waals surface area contributed by atoms with Crippen LogP contribution in [0.4, 0.5) is 0 Å². The van der Waals surface area contributed by atoms with Gasteiger partial charge in [0.15, 0.2) is 11.8 Å². The largest absolute Gasteiger partial charge is 0.446 e. The number of carbonyl (C=O) groups excluding carboxylic acids is 1. The Morgan fingerprint density at radius 3 is 2.92 bits per heavy atom. The number of rotatable bonds is 0. The first-order valence-corrected chi connectivity index (χ1v) is 5.10. The van der Waals surface area contributed by atoms with Crippen LogP contribution in [0.3, 0.4) is 0 Å². The van der Waals surface area contributed by atoms with Gasteiger partial charge in [-0.1, -0.05) is 11.3 Å². The highest BCUT2D eigenvalue weighted by atomic mass is 32.1. The molecule has 0 saturated heterocycles. The SMILES string of the molecule is Cc1sc2[n+](c1C)CC(=O)OC2C. The fourth-order valence-electron chi connectivity index (χ4n) is 1.55. The van der Waals surface area contributed by atoms with Crippen LogP contribution in [-0.4, -0.2) is 5.97 Å².